The van der Waals surface area contributed by atoms with Crippen LogP contribution in [0.3, 0.4) is 0 Å². The lowest BCUT2D eigenvalue weighted by Gasteiger charge is -2.16. The number of fused-ring (bicyclic) bond motifs is 1. The molecule has 0 aromatic heterocycles. The van der Waals surface area contributed by atoms with Crippen molar-refractivity contribution in [2.24, 2.45) is 0 Å². The third kappa shape index (κ3) is 2.14. The highest BCUT2D eigenvalue weighted by molar-refractivity contribution is 7.99. The lowest BCUT2D eigenvalue weighted by atomic mass is 10.0. The molecule has 1 aliphatic heterocycles. The monoisotopic (exact) mass is 258 g/mol. The molecule has 1 heterocycles. The van der Waals surface area contributed by atoms with E-state index in [2.05, 4.69) is 6.08 Å². The average molecular weight is 258 g/mol. The number of thioether (sulfide) groups is 1. The zero-order valence-electron chi connectivity index (χ0n) is 9.56. The summed E-state index contributed by atoms with van der Waals surface area (Å²) >= 11 is 1.69. The molecule has 0 amide bonds. The van der Waals surface area contributed by atoms with Crippen molar-refractivity contribution < 1.29 is 9.50 Å². The highest BCUT2D eigenvalue weighted by atomic mass is 32.2. The fraction of sp³-hybridized carbons (Fsp3) is 0.0667. The second-order valence-electron chi connectivity index (χ2n) is 4.19. The van der Waals surface area contributed by atoms with Gasteiger partial charge in [0.15, 0.2) is 0 Å². The third-order valence-electron chi connectivity index (χ3n) is 2.93. The molecule has 0 fully saturated rings. The molecule has 2 aromatic carbocycles. The maximum Gasteiger partial charge on any atom is 0.123 e. The quantitative estimate of drug-likeness (QED) is 0.828. The molecule has 0 saturated heterocycles. The Kier molecular flexibility index (Phi) is 2.84. The Morgan fingerprint density at radius 1 is 1.06 bits per heavy atom. The Morgan fingerprint density at radius 3 is 2.61 bits per heavy atom. The second kappa shape index (κ2) is 4.50. The number of phenols is 1. The van der Waals surface area contributed by atoms with E-state index >= 15 is 0 Å². The summed E-state index contributed by atoms with van der Waals surface area (Å²) in [5, 5.41) is 9.43. The van der Waals surface area contributed by atoms with E-state index in [-0.39, 0.29) is 5.82 Å². The number of aromatic hydroxyl groups is 1. The highest BCUT2D eigenvalue weighted by Gasteiger charge is 2.12. The van der Waals surface area contributed by atoms with Gasteiger partial charge in [-0.15, -0.1) is 11.8 Å². The minimum atomic E-state index is -0.215. The number of hydrogen-bond donors (Lipinski definition) is 1. The van der Waals surface area contributed by atoms with Gasteiger partial charge in [0.05, 0.1) is 0 Å². The summed E-state index contributed by atoms with van der Waals surface area (Å²) in [6.07, 6.45) is 2.10. The van der Waals surface area contributed by atoms with Crippen LogP contribution in [0, 0.1) is 5.82 Å². The highest BCUT2D eigenvalue weighted by Crippen LogP contribution is 2.37. The van der Waals surface area contributed by atoms with Gasteiger partial charge in [-0.25, -0.2) is 4.39 Å². The molecule has 0 bridgehead atoms. The summed E-state index contributed by atoms with van der Waals surface area (Å²) < 4.78 is 12.9. The van der Waals surface area contributed by atoms with Crippen LogP contribution in [-0.4, -0.2) is 10.9 Å². The van der Waals surface area contributed by atoms with Crippen LogP contribution in [0.5, 0.6) is 5.75 Å². The molecule has 1 nitrogen and oxygen atoms in total. The average Bonchev–Trinajstić information content (AvgIpc) is 2.39. The first kappa shape index (κ1) is 11.4. The van der Waals surface area contributed by atoms with Crippen LogP contribution in [0.15, 0.2) is 47.4 Å². The van der Waals surface area contributed by atoms with Gasteiger partial charge in [0.2, 0.25) is 0 Å². The van der Waals surface area contributed by atoms with Gasteiger partial charge in [0, 0.05) is 10.6 Å². The Bertz CT molecular complexity index is 617. The standard InChI is InChI=1S/C15H11FOS/c16-13-4-1-10(2-5-13)12-7-11-3-6-14(17)8-15(11)18-9-12/h1-8,17H,9H2. The van der Waals surface area contributed by atoms with E-state index in [1.165, 1.54) is 17.7 Å². The molecule has 18 heavy (non-hydrogen) atoms. The van der Waals surface area contributed by atoms with Crippen LogP contribution in [-0.2, 0) is 0 Å². The van der Waals surface area contributed by atoms with E-state index in [0.29, 0.717) is 5.75 Å². The van der Waals surface area contributed by atoms with Crippen LogP contribution in [0.4, 0.5) is 4.39 Å². The minimum Gasteiger partial charge on any atom is -0.508 e. The molecule has 3 heteroatoms. The van der Waals surface area contributed by atoms with Crippen LogP contribution in [0.1, 0.15) is 11.1 Å². The number of hydrogen-bond acceptors (Lipinski definition) is 2. The van der Waals surface area contributed by atoms with E-state index in [1.807, 2.05) is 6.07 Å². The lowest BCUT2D eigenvalue weighted by Crippen LogP contribution is -1.95. The van der Waals surface area contributed by atoms with Crippen molar-refractivity contribution in [3.8, 4) is 5.75 Å². The molecule has 0 atom stereocenters. The normalized spacial score (nSPS) is 13.9. The van der Waals surface area contributed by atoms with Gasteiger partial charge in [-0.1, -0.05) is 18.2 Å². The minimum absolute atomic E-state index is 0.215. The lowest BCUT2D eigenvalue weighted by molar-refractivity contribution is 0.473. The van der Waals surface area contributed by atoms with Gasteiger partial charge >= 0.3 is 0 Å². The predicted molar refractivity (Wildman–Crippen MR) is 73.1 cm³/mol. The number of phenolic OH excluding ortho intramolecular Hbond substituents is 1. The van der Waals surface area contributed by atoms with Gasteiger partial charge in [-0.05, 0) is 47.0 Å². The maximum absolute atomic E-state index is 12.9. The SMILES string of the molecule is Oc1ccc2c(c1)SCC(c1ccc(F)cc1)=C2. The molecule has 0 saturated carbocycles. The van der Waals surface area contributed by atoms with Crippen molar-refractivity contribution in [3.05, 3.63) is 59.4 Å². The summed E-state index contributed by atoms with van der Waals surface area (Å²) in [5.74, 6) is 0.912. The fourth-order valence-electron chi connectivity index (χ4n) is 1.98. The number of benzene rings is 2. The van der Waals surface area contributed by atoms with Crippen molar-refractivity contribution in [2.45, 2.75) is 4.90 Å². The maximum atomic E-state index is 12.9. The summed E-state index contributed by atoms with van der Waals surface area (Å²) in [6, 6.07) is 11.9. The van der Waals surface area contributed by atoms with Crippen molar-refractivity contribution in [1.82, 2.24) is 0 Å². The second-order valence-corrected chi connectivity index (χ2v) is 5.20. The molecule has 3 rings (SSSR count). The first-order valence-corrected chi connectivity index (χ1v) is 6.63. The molecule has 0 radical (unpaired) electrons. The van der Waals surface area contributed by atoms with Crippen LogP contribution < -0.4 is 0 Å². The van der Waals surface area contributed by atoms with Gasteiger partial charge in [0.25, 0.3) is 0 Å². The van der Waals surface area contributed by atoms with E-state index in [4.69, 9.17) is 0 Å². The Hall–Kier alpha value is -1.74. The van der Waals surface area contributed by atoms with E-state index in [1.54, 1.807) is 36.0 Å². The van der Waals surface area contributed by atoms with Crippen molar-refractivity contribution >= 4 is 23.4 Å². The van der Waals surface area contributed by atoms with Crippen molar-refractivity contribution in [1.29, 1.82) is 0 Å². The fourth-order valence-corrected chi connectivity index (χ4v) is 3.04. The zero-order valence-corrected chi connectivity index (χ0v) is 10.4. The number of rotatable bonds is 1. The molecular weight excluding hydrogens is 247 g/mol. The Labute approximate surface area is 109 Å². The van der Waals surface area contributed by atoms with E-state index < -0.39 is 0 Å². The Balaban J connectivity index is 2.00. The van der Waals surface area contributed by atoms with Gasteiger partial charge < -0.3 is 5.11 Å². The summed E-state index contributed by atoms with van der Waals surface area (Å²) in [7, 11) is 0. The largest absolute Gasteiger partial charge is 0.508 e. The molecule has 2 aromatic rings. The topological polar surface area (TPSA) is 20.2 Å². The predicted octanol–water partition coefficient (Wildman–Crippen LogP) is 4.18. The van der Waals surface area contributed by atoms with E-state index in [9.17, 15) is 9.50 Å². The van der Waals surface area contributed by atoms with Gasteiger partial charge in [0.1, 0.15) is 11.6 Å². The van der Waals surface area contributed by atoms with Gasteiger partial charge in [-0.2, -0.15) is 0 Å². The molecule has 1 aliphatic rings. The molecule has 0 aliphatic carbocycles. The summed E-state index contributed by atoms with van der Waals surface area (Å²) in [4.78, 5) is 1.08. The Morgan fingerprint density at radius 2 is 1.83 bits per heavy atom. The summed E-state index contributed by atoms with van der Waals surface area (Å²) in [6.45, 7) is 0. The molecule has 0 unspecified atom stereocenters. The van der Waals surface area contributed by atoms with E-state index in [0.717, 1.165) is 21.8 Å². The third-order valence-corrected chi connectivity index (χ3v) is 4.04. The molecule has 90 valence electrons. The number of halogens is 1. The smallest absolute Gasteiger partial charge is 0.123 e. The molecular formula is C15H11FOS. The van der Waals surface area contributed by atoms with Crippen molar-refractivity contribution in [2.75, 3.05) is 5.75 Å². The van der Waals surface area contributed by atoms with Crippen LogP contribution in [0.2, 0.25) is 0 Å². The van der Waals surface area contributed by atoms with Crippen LogP contribution in [0.25, 0.3) is 11.6 Å². The molecule has 0 spiro atoms. The molecule has 1 N–H and O–H groups in total. The first-order valence-electron chi connectivity index (χ1n) is 5.65. The summed E-state index contributed by atoms with van der Waals surface area (Å²) in [5.41, 5.74) is 3.32. The van der Waals surface area contributed by atoms with Gasteiger partial charge in [-0.3, -0.25) is 0 Å². The first-order chi connectivity index (χ1) is 8.72. The van der Waals surface area contributed by atoms with Crippen molar-refractivity contribution in [3.63, 3.8) is 0 Å². The zero-order chi connectivity index (χ0) is 12.5. The van der Waals surface area contributed by atoms with Crippen LogP contribution >= 0.6 is 11.8 Å².